The molecule has 0 aliphatic carbocycles. The lowest BCUT2D eigenvalue weighted by molar-refractivity contribution is 0.0489. The van der Waals surface area contributed by atoms with E-state index in [1.807, 2.05) is 42.5 Å². The lowest BCUT2D eigenvalue weighted by atomic mass is 10.0. The van der Waals surface area contributed by atoms with E-state index in [0.29, 0.717) is 12.4 Å². The summed E-state index contributed by atoms with van der Waals surface area (Å²) in [4.78, 5) is 2.46. The molecule has 0 bridgehead atoms. The van der Waals surface area contributed by atoms with Gasteiger partial charge in [0.25, 0.3) is 0 Å². The van der Waals surface area contributed by atoms with Crippen LogP contribution in [-0.2, 0) is 17.4 Å². The number of ether oxygens (including phenoxy) is 2. The zero-order valence-electron chi connectivity index (χ0n) is 23.5. The van der Waals surface area contributed by atoms with Gasteiger partial charge in [0.2, 0.25) is 0 Å². The Balaban J connectivity index is 1.52. The molecule has 4 rings (SSSR count). The van der Waals surface area contributed by atoms with Crippen molar-refractivity contribution in [1.29, 1.82) is 0 Å². The third kappa shape index (κ3) is 7.85. The first-order chi connectivity index (χ1) is 18.1. The Hall–Kier alpha value is -2.80. The van der Waals surface area contributed by atoms with Gasteiger partial charge in [-0.3, -0.25) is 4.90 Å². The molecule has 0 radical (unpaired) electrons. The number of hydrogen-bond donors (Lipinski definition) is 1. The molecular formula is C32H43NO4Si. The first-order valence-electron chi connectivity index (χ1n) is 13.7. The fourth-order valence-corrected chi connectivity index (χ4v) is 5.93. The fourth-order valence-electron chi connectivity index (χ4n) is 4.60. The normalized spacial score (nSPS) is 16.5. The number of para-hydroxylation sites is 1. The molecule has 0 aromatic heterocycles. The largest absolute Gasteiger partial charge is 0.508 e. The summed E-state index contributed by atoms with van der Waals surface area (Å²) in [5.74, 6) is 2.03. The summed E-state index contributed by atoms with van der Waals surface area (Å²) in [7, 11) is -2.03. The summed E-state index contributed by atoms with van der Waals surface area (Å²) >= 11 is 0. The Morgan fingerprint density at radius 3 is 2.37 bits per heavy atom. The number of aryl methyl sites for hydroxylation is 1. The van der Waals surface area contributed by atoms with E-state index >= 15 is 0 Å². The molecule has 1 N–H and O–H groups in total. The molecule has 1 aliphatic rings. The quantitative estimate of drug-likeness (QED) is 0.268. The maximum absolute atomic E-state index is 9.86. The highest BCUT2D eigenvalue weighted by molar-refractivity contribution is 6.74. The molecule has 0 saturated heterocycles. The first kappa shape index (κ1) is 28.2. The molecule has 1 aliphatic heterocycles. The molecule has 0 fully saturated rings. The Morgan fingerprint density at radius 1 is 1.00 bits per heavy atom. The van der Waals surface area contributed by atoms with E-state index < -0.39 is 8.32 Å². The van der Waals surface area contributed by atoms with Crippen molar-refractivity contribution in [2.24, 2.45) is 0 Å². The van der Waals surface area contributed by atoms with Crippen LogP contribution >= 0.6 is 0 Å². The molecule has 2 atom stereocenters. The molecular weight excluding hydrogens is 490 g/mol. The SMILES string of the molecule is CC(C)(C)[Si](C)(C)O[C@H](COc1ccccc1)CN(Cc1ccccc1)C[C@H]1CCc2cc(O)ccc2O1. The van der Waals surface area contributed by atoms with Crippen LogP contribution in [0.25, 0.3) is 0 Å². The van der Waals surface area contributed by atoms with Crippen molar-refractivity contribution in [3.63, 3.8) is 0 Å². The van der Waals surface area contributed by atoms with Gasteiger partial charge < -0.3 is 19.0 Å². The Labute approximate surface area is 229 Å². The summed E-state index contributed by atoms with van der Waals surface area (Å²) in [5.41, 5.74) is 2.34. The number of phenolic OH excluding ortho intramolecular Hbond substituents is 1. The van der Waals surface area contributed by atoms with Crippen LogP contribution in [0.3, 0.4) is 0 Å². The average molecular weight is 534 g/mol. The average Bonchev–Trinajstić information content (AvgIpc) is 2.88. The van der Waals surface area contributed by atoms with E-state index in [1.165, 1.54) is 5.56 Å². The van der Waals surface area contributed by atoms with Crippen LogP contribution in [0.15, 0.2) is 78.9 Å². The number of nitrogens with zero attached hydrogens (tertiary/aromatic N) is 1. The van der Waals surface area contributed by atoms with Crippen molar-refractivity contribution in [2.75, 3.05) is 19.7 Å². The molecule has 38 heavy (non-hydrogen) atoms. The van der Waals surface area contributed by atoms with Gasteiger partial charge in [0.05, 0.1) is 6.10 Å². The standard InChI is InChI=1S/C32H43NO4Si/c1-32(2,3)38(4,5)37-30(24-35-28-14-10-7-11-15-28)23-33(21-25-12-8-6-9-13-25)22-29-18-16-26-20-27(34)17-19-31(26)36-29/h6-15,17,19-20,29-30,34H,16,18,21-24H2,1-5H3/t29-,30+/m1/s1. The van der Waals surface area contributed by atoms with Crippen molar-refractivity contribution in [1.82, 2.24) is 4.90 Å². The molecule has 1 heterocycles. The second kappa shape index (κ2) is 12.4. The molecule has 0 spiro atoms. The molecule has 0 amide bonds. The van der Waals surface area contributed by atoms with E-state index in [0.717, 1.165) is 49.5 Å². The Morgan fingerprint density at radius 2 is 1.68 bits per heavy atom. The van der Waals surface area contributed by atoms with Gasteiger partial charge in [-0.1, -0.05) is 69.3 Å². The molecule has 0 unspecified atom stereocenters. The molecule has 6 heteroatoms. The van der Waals surface area contributed by atoms with E-state index in [4.69, 9.17) is 13.9 Å². The van der Waals surface area contributed by atoms with Crippen LogP contribution in [0.4, 0.5) is 0 Å². The van der Waals surface area contributed by atoms with Crippen molar-refractivity contribution in [3.05, 3.63) is 90.0 Å². The summed E-state index contributed by atoms with van der Waals surface area (Å²) < 4.78 is 19.6. The highest BCUT2D eigenvalue weighted by Gasteiger charge is 2.40. The number of rotatable bonds is 11. The van der Waals surface area contributed by atoms with E-state index in [-0.39, 0.29) is 17.2 Å². The number of phenols is 1. The number of benzene rings is 3. The van der Waals surface area contributed by atoms with E-state index in [2.05, 4.69) is 69.1 Å². The summed E-state index contributed by atoms with van der Waals surface area (Å²) in [6, 6.07) is 26.0. The lowest BCUT2D eigenvalue weighted by Gasteiger charge is -2.41. The second-order valence-corrected chi connectivity index (χ2v) is 16.6. The third-order valence-electron chi connectivity index (χ3n) is 7.69. The van der Waals surface area contributed by atoms with Gasteiger partial charge in [-0.25, -0.2) is 0 Å². The van der Waals surface area contributed by atoms with Crippen LogP contribution in [0.5, 0.6) is 17.2 Å². The maximum Gasteiger partial charge on any atom is 0.192 e. The molecule has 0 saturated carbocycles. The highest BCUT2D eigenvalue weighted by atomic mass is 28.4. The molecule has 204 valence electrons. The van der Waals surface area contributed by atoms with Crippen LogP contribution in [-0.4, -0.2) is 50.2 Å². The maximum atomic E-state index is 9.86. The minimum Gasteiger partial charge on any atom is -0.508 e. The van der Waals surface area contributed by atoms with Gasteiger partial charge in [-0.05, 0) is 72.4 Å². The number of hydrogen-bond acceptors (Lipinski definition) is 5. The monoisotopic (exact) mass is 533 g/mol. The van der Waals surface area contributed by atoms with Crippen molar-refractivity contribution >= 4 is 8.32 Å². The second-order valence-electron chi connectivity index (χ2n) is 11.9. The smallest absolute Gasteiger partial charge is 0.192 e. The predicted octanol–water partition coefficient (Wildman–Crippen LogP) is 7.06. The third-order valence-corrected chi connectivity index (χ3v) is 12.2. The van der Waals surface area contributed by atoms with Crippen molar-refractivity contribution in [2.45, 2.75) is 70.5 Å². The Bertz CT molecular complexity index is 1150. The number of fused-ring (bicyclic) bond motifs is 1. The molecule has 5 nitrogen and oxygen atoms in total. The van der Waals surface area contributed by atoms with Gasteiger partial charge in [0.1, 0.15) is 30.0 Å². The first-order valence-corrected chi connectivity index (χ1v) is 16.6. The van der Waals surface area contributed by atoms with Gasteiger partial charge in [-0.2, -0.15) is 0 Å². The van der Waals surface area contributed by atoms with Gasteiger partial charge in [-0.15, -0.1) is 0 Å². The zero-order valence-corrected chi connectivity index (χ0v) is 24.5. The lowest BCUT2D eigenvalue weighted by Crippen LogP contribution is -2.50. The van der Waals surface area contributed by atoms with Crippen molar-refractivity contribution < 1.29 is 19.0 Å². The highest BCUT2D eigenvalue weighted by Crippen LogP contribution is 2.37. The summed E-state index contributed by atoms with van der Waals surface area (Å²) in [6.45, 7) is 14.3. The topological polar surface area (TPSA) is 51.2 Å². The minimum absolute atomic E-state index is 0.0688. The van der Waals surface area contributed by atoms with Gasteiger partial charge >= 0.3 is 0 Å². The summed E-state index contributed by atoms with van der Waals surface area (Å²) in [5, 5.41) is 9.96. The Kier molecular flexibility index (Phi) is 9.18. The molecule has 3 aromatic carbocycles. The van der Waals surface area contributed by atoms with Gasteiger partial charge in [0.15, 0.2) is 8.32 Å². The van der Waals surface area contributed by atoms with Crippen LogP contribution in [0, 0.1) is 0 Å². The van der Waals surface area contributed by atoms with Crippen LogP contribution in [0.1, 0.15) is 38.3 Å². The van der Waals surface area contributed by atoms with E-state index in [1.54, 1.807) is 6.07 Å². The van der Waals surface area contributed by atoms with Crippen LogP contribution < -0.4 is 9.47 Å². The zero-order chi connectivity index (χ0) is 27.2. The van der Waals surface area contributed by atoms with Gasteiger partial charge in [0, 0.05) is 19.6 Å². The summed E-state index contributed by atoms with van der Waals surface area (Å²) in [6.07, 6.45) is 1.80. The number of aromatic hydroxyl groups is 1. The molecule has 3 aromatic rings. The van der Waals surface area contributed by atoms with Crippen molar-refractivity contribution in [3.8, 4) is 17.2 Å². The predicted molar refractivity (Wildman–Crippen MR) is 157 cm³/mol. The van der Waals surface area contributed by atoms with E-state index in [9.17, 15) is 5.11 Å². The van der Waals surface area contributed by atoms with Crippen LogP contribution in [0.2, 0.25) is 18.1 Å². The minimum atomic E-state index is -2.03. The fraction of sp³-hybridized carbons (Fsp3) is 0.438.